The van der Waals surface area contributed by atoms with E-state index in [2.05, 4.69) is 15.8 Å². The van der Waals surface area contributed by atoms with Crippen LogP contribution >= 0.6 is 23.2 Å². The molecule has 0 aliphatic carbocycles. The van der Waals surface area contributed by atoms with Gasteiger partial charge in [0.05, 0.1) is 17.8 Å². The van der Waals surface area contributed by atoms with Gasteiger partial charge in [0.1, 0.15) is 17.5 Å². The number of hydrazone groups is 1. The van der Waals surface area contributed by atoms with Gasteiger partial charge in [0.15, 0.2) is 12.7 Å². The first-order chi connectivity index (χ1) is 19.2. The molecule has 0 radical (unpaired) electrons. The molecule has 3 aromatic rings. The van der Waals surface area contributed by atoms with E-state index in [0.717, 1.165) is 5.56 Å². The molecule has 0 spiro atoms. The van der Waals surface area contributed by atoms with Crippen molar-refractivity contribution in [1.29, 1.82) is 0 Å². The molecule has 0 aliphatic heterocycles. The number of nitrogens with one attached hydrogen (secondary N) is 2. The van der Waals surface area contributed by atoms with Gasteiger partial charge in [0, 0.05) is 11.4 Å². The molecular formula is C29H29Cl2N3O6. The van der Waals surface area contributed by atoms with Crippen LogP contribution < -0.4 is 20.2 Å². The van der Waals surface area contributed by atoms with E-state index < -0.39 is 29.9 Å². The Balaban J connectivity index is 1.64. The van der Waals surface area contributed by atoms with Gasteiger partial charge < -0.3 is 19.5 Å². The summed E-state index contributed by atoms with van der Waals surface area (Å²) in [5, 5.41) is 7.45. The van der Waals surface area contributed by atoms with Gasteiger partial charge in [-0.3, -0.25) is 9.59 Å². The third-order valence-corrected chi connectivity index (χ3v) is 5.92. The van der Waals surface area contributed by atoms with Crippen LogP contribution in [0.5, 0.6) is 11.5 Å². The zero-order valence-corrected chi connectivity index (χ0v) is 23.4. The molecule has 0 aromatic heterocycles. The van der Waals surface area contributed by atoms with Crippen molar-refractivity contribution in [3.63, 3.8) is 0 Å². The summed E-state index contributed by atoms with van der Waals surface area (Å²) in [6.45, 7) is 3.30. The van der Waals surface area contributed by atoms with Crippen LogP contribution in [0.15, 0.2) is 77.9 Å². The summed E-state index contributed by atoms with van der Waals surface area (Å²) in [6.07, 6.45) is 0.690. The summed E-state index contributed by atoms with van der Waals surface area (Å²) in [4.78, 5) is 37.5. The fraction of sp³-hybridized carbons (Fsp3) is 0.241. The van der Waals surface area contributed by atoms with Crippen LogP contribution in [-0.2, 0) is 25.5 Å². The van der Waals surface area contributed by atoms with Crippen LogP contribution in [0.2, 0.25) is 10.0 Å². The summed E-state index contributed by atoms with van der Waals surface area (Å²) in [5.74, 6) is -0.795. The predicted octanol–water partition coefficient (Wildman–Crippen LogP) is 4.58. The molecule has 9 nitrogen and oxygen atoms in total. The Bertz CT molecular complexity index is 1340. The largest absolute Gasteiger partial charge is 0.482 e. The number of nitrogens with zero attached hydrogens (tertiary/aromatic N) is 1. The van der Waals surface area contributed by atoms with E-state index in [0.29, 0.717) is 16.3 Å². The fourth-order valence-corrected chi connectivity index (χ4v) is 3.89. The molecule has 3 aromatic carbocycles. The van der Waals surface area contributed by atoms with Crippen molar-refractivity contribution in [3.8, 4) is 11.5 Å². The maximum absolute atomic E-state index is 13.1. The summed E-state index contributed by atoms with van der Waals surface area (Å²) in [7, 11) is 0. The highest BCUT2D eigenvalue weighted by Crippen LogP contribution is 2.28. The number of hydrogen-bond acceptors (Lipinski definition) is 7. The summed E-state index contributed by atoms with van der Waals surface area (Å²) >= 11 is 12.1. The molecule has 2 amide bonds. The lowest BCUT2D eigenvalue weighted by atomic mass is 10.1. The molecule has 11 heteroatoms. The minimum Gasteiger partial charge on any atom is -0.482 e. The van der Waals surface area contributed by atoms with Crippen LogP contribution in [0.25, 0.3) is 0 Å². The molecular weight excluding hydrogens is 557 g/mol. The molecule has 0 bridgehead atoms. The number of rotatable bonds is 13. The molecule has 3 rings (SSSR count). The Kier molecular flexibility index (Phi) is 11.8. The van der Waals surface area contributed by atoms with Gasteiger partial charge in [0.2, 0.25) is 0 Å². The van der Waals surface area contributed by atoms with E-state index in [1.165, 1.54) is 12.3 Å². The number of carbonyl (C=O) groups excluding carboxylic acids is 3. The lowest BCUT2D eigenvalue weighted by Crippen LogP contribution is -2.50. The number of ether oxygens (including phenoxy) is 3. The first-order valence-electron chi connectivity index (χ1n) is 12.4. The highest BCUT2D eigenvalue weighted by molar-refractivity contribution is 6.35. The Morgan fingerprint density at radius 2 is 1.75 bits per heavy atom. The van der Waals surface area contributed by atoms with Gasteiger partial charge in [0.25, 0.3) is 11.8 Å². The third-order valence-electron chi connectivity index (χ3n) is 5.39. The van der Waals surface area contributed by atoms with Crippen molar-refractivity contribution in [1.82, 2.24) is 10.7 Å². The van der Waals surface area contributed by atoms with Gasteiger partial charge in [-0.2, -0.15) is 5.10 Å². The Morgan fingerprint density at radius 3 is 2.48 bits per heavy atom. The second-order valence-corrected chi connectivity index (χ2v) is 9.33. The molecule has 0 heterocycles. The first kappa shape index (κ1) is 30.5. The van der Waals surface area contributed by atoms with Crippen molar-refractivity contribution in [2.75, 3.05) is 13.2 Å². The van der Waals surface area contributed by atoms with Crippen LogP contribution in [0.4, 0.5) is 0 Å². The molecule has 2 N–H and O–H groups in total. The number of esters is 1. The third kappa shape index (κ3) is 9.91. The standard InChI is InChI=1S/C29H29Cl2N3O6/c1-3-38-27(35)18-39-23-11-7-10-21(14-23)17-32-34-29(37)25(15-20-8-5-4-6-9-20)33-28(36)19(2)40-26-13-12-22(30)16-24(26)31/h4-14,16-17,19,25H,3,15,18H2,1-2H3,(H,33,36)(H,34,37)/b32-17-/t19-,25-/m0/s1. The minimum absolute atomic E-state index is 0.222. The van der Waals surface area contributed by atoms with Crippen LogP contribution in [0.3, 0.4) is 0 Å². The van der Waals surface area contributed by atoms with Crippen molar-refractivity contribution in [3.05, 3.63) is 94.0 Å². The molecule has 0 fully saturated rings. The Hall–Kier alpha value is -4.08. The fourth-order valence-electron chi connectivity index (χ4n) is 3.44. The molecule has 0 saturated carbocycles. The summed E-state index contributed by atoms with van der Waals surface area (Å²) < 4.78 is 15.9. The molecule has 0 saturated heterocycles. The maximum atomic E-state index is 13.1. The summed E-state index contributed by atoms with van der Waals surface area (Å²) in [5.41, 5.74) is 3.93. The zero-order chi connectivity index (χ0) is 28.9. The number of benzene rings is 3. The monoisotopic (exact) mass is 585 g/mol. The quantitative estimate of drug-likeness (QED) is 0.172. The minimum atomic E-state index is -0.953. The molecule has 0 aliphatic rings. The number of hydrogen-bond donors (Lipinski definition) is 2. The van der Waals surface area contributed by atoms with Crippen LogP contribution in [-0.4, -0.2) is 49.4 Å². The number of carbonyl (C=O) groups is 3. The zero-order valence-electron chi connectivity index (χ0n) is 21.9. The first-order valence-corrected chi connectivity index (χ1v) is 13.2. The average Bonchev–Trinajstić information content (AvgIpc) is 2.94. The SMILES string of the molecule is CCOC(=O)COc1cccc(/C=N\NC(=O)[C@H](Cc2ccccc2)NC(=O)[C@H](C)Oc2ccc(Cl)cc2Cl)c1. The molecule has 210 valence electrons. The second kappa shape index (κ2) is 15.5. The predicted molar refractivity (Wildman–Crippen MR) is 153 cm³/mol. The Morgan fingerprint density at radius 1 is 0.975 bits per heavy atom. The van der Waals surface area contributed by atoms with Gasteiger partial charge in [-0.1, -0.05) is 65.7 Å². The van der Waals surface area contributed by atoms with Crippen molar-refractivity contribution in [2.24, 2.45) is 5.10 Å². The second-order valence-electron chi connectivity index (χ2n) is 8.49. The van der Waals surface area contributed by atoms with Gasteiger partial charge >= 0.3 is 5.97 Å². The van der Waals surface area contributed by atoms with Gasteiger partial charge in [-0.25, -0.2) is 10.2 Å². The molecule has 0 unspecified atom stereocenters. The lowest BCUT2D eigenvalue weighted by Gasteiger charge is -2.21. The summed E-state index contributed by atoms with van der Waals surface area (Å²) in [6, 6.07) is 19.8. The highest BCUT2D eigenvalue weighted by atomic mass is 35.5. The van der Waals surface area contributed by atoms with Gasteiger partial charge in [-0.05, 0) is 55.3 Å². The topological polar surface area (TPSA) is 115 Å². The molecule has 40 heavy (non-hydrogen) atoms. The Labute approximate surface area is 242 Å². The van der Waals surface area contributed by atoms with Gasteiger partial charge in [-0.15, -0.1) is 0 Å². The maximum Gasteiger partial charge on any atom is 0.344 e. The van der Waals surface area contributed by atoms with E-state index in [1.54, 1.807) is 50.2 Å². The average molecular weight is 586 g/mol. The number of halogens is 2. The van der Waals surface area contributed by atoms with Crippen LogP contribution in [0.1, 0.15) is 25.0 Å². The highest BCUT2D eigenvalue weighted by Gasteiger charge is 2.25. The normalized spacial score (nSPS) is 12.3. The molecule has 2 atom stereocenters. The van der Waals surface area contributed by atoms with E-state index in [1.807, 2.05) is 30.3 Å². The smallest absolute Gasteiger partial charge is 0.344 e. The van der Waals surface area contributed by atoms with E-state index in [9.17, 15) is 14.4 Å². The van der Waals surface area contributed by atoms with Crippen molar-refractivity contribution in [2.45, 2.75) is 32.4 Å². The van der Waals surface area contributed by atoms with Crippen LogP contribution in [0, 0.1) is 0 Å². The van der Waals surface area contributed by atoms with Crippen molar-refractivity contribution < 1.29 is 28.6 Å². The van der Waals surface area contributed by atoms with E-state index in [4.69, 9.17) is 37.4 Å². The number of amides is 2. The lowest BCUT2D eigenvalue weighted by molar-refractivity contribution is -0.145. The van der Waals surface area contributed by atoms with E-state index in [-0.39, 0.29) is 30.4 Å². The van der Waals surface area contributed by atoms with E-state index >= 15 is 0 Å². The van der Waals surface area contributed by atoms with Crippen molar-refractivity contribution >= 4 is 47.2 Å².